The van der Waals surface area contributed by atoms with Crippen molar-refractivity contribution in [3.05, 3.63) is 77.5 Å². The number of fused-ring (bicyclic) bond motifs is 1. The summed E-state index contributed by atoms with van der Waals surface area (Å²) in [7, 11) is 1.54. The molecule has 0 atom stereocenters. The minimum absolute atomic E-state index is 0.141. The largest absolute Gasteiger partial charge is 0.493 e. The average molecular weight is 383 g/mol. The van der Waals surface area contributed by atoms with Crippen molar-refractivity contribution >= 4 is 28.7 Å². The number of esters is 1. The molecule has 0 N–H and O–H groups in total. The number of hydrogen-bond acceptors (Lipinski definition) is 5. The molecule has 0 saturated carbocycles. The number of rotatable bonds is 5. The van der Waals surface area contributed by atoms with E-state index in [1.807, 2.05) is 42.5 Å². The Morgan fingerprint density at radius 2 is 1.93 bits per heavy atom. The third kappa shape index (κ3) is 3.69. The van der Waals surface area contributed by atoms with Crippen LogP contribution < -0.4 is 9.47 Å². The molecule has 0 spiro atoms. The number of cyclic esters (lactones) is 1. The van der Waals surface area contributed by atoms with E-state index >= 15 is 0 Å². The lowest BCUT2D eigenvalue weighted by molar-refractivity contribution is -0.129. The summed E-state index contributed by atoms with van der Waals surface area (Å²) in [5.41, 5.74) is 1.72. The van der Waals surface area contributed by atoms with Gasteiger partial charge in [0.05, 0.1) is 7.11 Å². The van der Waals surface area contributed by atoms with Crippen LogP contribution in [-0.4, -0.2) is 25.6 Å². The quantitative estimate of drug-likeness (QED) is 0.376. The first-order valence-corrected chi connectivity index (χ1v) is 8.94. The highest BCUT2D eigenvalue weighted by Gasteiger charge is 2.25. The Morgan fingerprint density at radius 3 is 2.76 bits per heavy atom. The van der Waals surface area contributed by atoms with Gasteiger partial charge in [0.2, 0.25) is 5.90 Å². The van der Waals surface area contributed by atoms with Crippen molar-refractivity contribution in [1.82, 2.24) is 0 Å². The van der Waals surface area contributed by atoms with Crippen LogP contribution in [0, 0.1) is 12.3 Å². The van der Waals surface area contributed by atoms with Crippen LogP contribution in [0.4, 0.5) is 0 Å². The van der Waals surface area contributed by atoms with Gasteiger partial charge < -0.3 is 14.2 Å². The molecule has 0 bridgehead atoms. The van der Waals surface area contributed by atoms with Gasteiger partial charge in [0.1, 0.15) is 6.61 Å². The zero-order valence-corrected chi connectivity index (χ0v) is 15.7. The predicted octanol–water partition coefficient (Wildman–Crippen LogP) is 4.20. The van der Waals surface area contributed by atoms with E-state index in [0.29, 0.717) is 17.4 Å². The number of methoxy groups -OCH3 is 1. The van der Waals surface area contributed by atoms with Gasteiger partial charge in [-0.15, -0.1) is 6.42 Å². The van der Waals surface area contributed by atoms with Crippen LogP contribution in [0.5, 0.6) is 11.5 Å². The second-order valence-electron chi connectivity index (χ2n) is 6.27. The Balaban J connectivity index is 1.69. The van der Waals surface area contributed by atoms with E-state index in [0.717, 1.165) is 21.9 Å². The summed E-state index contributed by atoms with van der Waals surface area (Å²) in [6.45, 7) is 0.141. The second kappa shape index (κ2) is 7.91. The fourth-order valence-electron chi connectivity index (χ4n) is 3.11. The second-order valence-corrected chi connectivity index (χ2v) is 6.27. The summed E-state index contributed by atoms with van der Waals surface area (Å²) in [6, 6.07) is 19.0. The fourth-order valence-corrected chi connectivity index (χ4v) is 3.11. The maximum Gasteiger partial charge on any atom is 0.363 e. The third-order valence-corrected chi connectivity index (χ3v) is 4.44. The summed E-state index contributed by atoms with van der Waals surface area (Å²) in [4.78, 5) is 16.8. The van der Waals surface area contributed by atoms with Crippen LogP contribution in [0.3, 0.4) is 0 Å². The van der Waals surface area contributed by atoms with Crippen molar-refractivity contribution < 1.29 is 19.0 Å². The lowest BCUT2D eigenvalue weighted by Gasteiger charge is -2.09. The minimum atomic E-state index is -0.500. The van der Waals surface area contributed by atoms with Crippen LogP contribution in [0.15, 0.2) is 71.4 Å². The molecule has 0 fully saturated rings. The molecule has 3 aromatic rings. The van der Waals surface area contributed by atoms with E-state index in [-0.39, 0.29) is 12.3 Å². The number of terminal acetylenes is 1. The summed E-state index contributed by atoms with van der Waals surface area (Å²) < 4.78 is 16.2. The first-order valence-electron chi connectivity index (χ1n) is 8.94. The smallest absolute Gasteiger partial charge is 0.363 e. The van der Waals surface area contributed by atoms with E-state index in [1.165, 1.54) is 7.11 Å². The Morgan fingerprint density at radius 1 is 1.10 bits per heavy atom. The highest BCUT2D eigenvalue weighted by atomic mass is 16.6. The lowest BCUT2D eigenvalue weighted by atomic mass is 10.0. The van der Waals surface area contributed by atoms with Crippen molar-refractivity contribution in [2.45, 2.75) is 0 Å². The molecule has 1 heterocycles. The van der Waals surface area contributed by atoms with E-state index in [4.69, 9.17) is 20.6 Å². The molecule has 3 aromatic carbocycles. The van der Waals surface area contributed by atoms with Crippen LogP contribution in [0.25, 0.3) is 16.8 Å². The van der Waals surface area contributed by atoms with Gasteiger partial charge in [-0.2, -0.15) is 0 Å². The van der Waals surface area contributed by atoms with Crippen LogP contribution in [-0.2, 0) is 9.53 Å². The summed E-state index contributed by atoms with van der Waals surface area (Å²) in [5.74, 6) is 3.24. The van der Waals surface area contributed by atoms with Crippen molar-refractivity contribution in [2.75, 3.05) is 13.7 Å². The van der Waals surface area contributed by atoms with Gasteiger partial charge in [-0.25, -0.2) is 9.79 Å². The van der Waals surface area contributed by atoms with Gasteiger partial charge in [-0.1, -0.05) is 48.4 Å². The van der Waals surface area contributed by atoms with Crippen LogP contribution in [0.1, 0.15) is 11.1 Å². The Hall–Kier alpha value is -4.04. The topological polar surface area (TPSA) is 57.1 Å². The molecule has 1 aliphatic heterocycles. The summed E-state index contributed by atoms with van der Waals surface area (Å²) >= 11 is 0. The maximum absolute atomic E-state index is 12.4. The molecule has 29 heavy (non-hydrogen) atoms. The molecule has 0 aliphatic carbocycles. The molecule has 0 unspecified atom stereocenters. The number of aliphatic imine (C=N–C) groups is 1. The molecule has 0 aromatic heterocycles. The molecule has 0 radical (unpaired) electrons. The van der Waals surface area contributed by atoms with Crippen molar-refractivity contribution in [3.63, 3.8) is 0 Å². The van der Waals surface area contributed by atoms with Crippen LogP contribution >= 0.6 is 0 Å². The molecular weight excluding hydrogens is 366 g/mol. The van der Waals surface area contributed by atoms with Gasteiger partial charge >= 0.3 is 5.97 Å². The molecule has 0 amide bonds. The van der Waals surface area contributed by atoms with Gasteiger partial charge in [0, 0.05) is 5.56 Å². The number of hydrogen-bond donors (Lipinski definition) is 0. The normalized spacial score (nSPS) is 14.4. The van der Waals surface area contributed by atoms with Crippen molar-refractivity contribution in [2.24, 2.45) is 4.99 Å². The van der Waals surface area contributed by atoms with Crippen molar-refractivity contribution in [3.8, 4) is 23.8 Å². The molecule has 1 aliphatic rings. The Kier molecular flexibility index (Phi) is 5.00. The average Bonchev–Trinajstić information content (AvgIpc) is 3.12. The number of nitrogens with zero attached hydrogens (tertiary/aromatic N) is 1. The third-order valence-electron chi connectivity index (χ3n) is 4.44. The Bertz CT molecular complexity index is 1200. The monoisotopic (exact) mass is 383 g/mol. The maximum atomic E-state index is 12.4. The van der Waals surface area contributed by atoms with E-state index in [1.54, 1.807) is 24.3 Å². The number of benzene rings is 3. The van der Waals surface area contributed by atoms with Crippen LogP contribution in [0.2, 0.25) is 0 Å². The molecule has 4 rings (SSSR count). The molecule has 5 heteroatoms. The van der Waals surface area contributed by atoms with E-state index < -0.39 is 5.97 Å². The number of ether oxygens (including phenoxy) is 3. The molecule has 5 nitrogen and oxygen atoms in total. The highest BCUT2D eigenvalue weighted by Crippen LogP contribution is 2.30. The first kappa shape index (κ1) is 18.3. The number of carbonyl (C=O) groups is 1. The summed E-state index contributed by atoms with van der Waals surface area (Å²) in [6.07, 6.45) is 6.87. The highest BCUT2D eigenvalue weighted by molar-refractivity contribution is 6.17. The van der Waals surface area contributed by atoms with Gasteiger partial charge in [-0.05, 0) is 40.6 Å². The fraction of sp³-hybridized carbons (Fsp3) is 0.0833. The number of carbonyl (C=O) groups excluding carboxylic acids is 1. The Labute approximate surface area is 168 Å². The van der Waals surface area contributed by atoms with E-state index in [2.05, 4.69) is 10.9 Å². The lowest BCUT2D eigenvalue weighted by Crippen LogP contribution is -2.05. The molecular formula is C24H17NO4. The zero-order chi connectivity index (χ0) is 20.2. The van der Waals surface area contributed by atoms with E-state index in [9.17, 15) is 4.79 Å². The van der Waals surface area contributed by atoms with Gasteiger partial charge in [-0.3, -0.25) is 0 Å². The zero-order valence-electron chi connectivity index (χ0n) is 15.7. The summed E-state index contributed by atoms with van der Waals surface area (Å²) in [5, 5.41) is 2.02. The van der Waals surface area contributed by atoms with Gasteiger partial charge in [0.25, 0.3) is 0 Å². The molecule has 142 valence electrons. The first-order chi connectivity index (χ1) is 14.2. The molecule has 0 saturated heterocycles. The standard InChI is InChI=1S/C24H17NO4/c1-3-13-28-21-12-11-16(15-22(21)27-2)14-20-24(26)29-23(25-20)19-10-6-8-17-7-4-5-9-18(17)19/h1,4-12,14-15H,13H2,2H3/b20-14+. The predicted molar refractivity (Wildman–Crippen MR) is 112 cm³/mol. The SMILES string of the molecule is C#CCOc1ccc(/C=C2/N=C(c3cccc4ccccc34)OC2=O)cc1OC. The minimum Gasteiger partial charge on any atom is -0.493 e. The van der Waals surface area contributed by atoms with Gasteiger partial charge in [0.15, 0.2) is 17.2 Å². The van der Waals surface area contributed by atoms with Crippen molar-refractivity contribution in [1.29, 1.82) is 0 Å².